The summed E-state index contributed by atoms with van der Waals surface area (Å²) in [6, 6.07) is 10.8. The van der Waals surface area contributed by atoms with Crippen LogP contribution in [0.25, 0.3) is 0 Å². The number of hydrogen-bond acceptors (Lipinski definition) is 5. The van der Waals surface area contributed by atoms with Crippen LogP contribution in [0.2, 0.25) is 0 Å². The highest BCUT2D eigenvalue weighted by atomic mass is 19.4. The van der Waals surface area contributed by atoms with E-state index in [1.807, 2.05) is 35.2 Å². The normalized spacial score (nSPS) is 25.9. The number of nitrogens with one attached hydrogen (secondary N) is 1. The molecule has 2 aliphatic rings. The number of piperidine rings is 1. The Bertz CT molecular complexity index is 1320. The summed E-state index contributed by atoms with van der Waals surface area (Å²) in [5.74, 6) is -0.202. The SMILES string of the molecule is C[C@@H](OC[C@@]1(c2ccccc2)CC[C@]2(Cn3ccnn3)CN1CC(=O)N2)c1cc(C(F)(F)F)cc(C(F)(F)F)c1. The maximum absolute atomic E-state index is 13.4. The molecule has 214 valence electrons. The summed E-state index contributed by atoms with van der Waals surface area (Å²) in [5.41, 5.74) is -3.66. The summed E-state index contributed by atoms with van der Waals surface area (Å²) in [6.07, 6.45) is -6.72. The number of carbonyl (C=O) groups is 1. The highest BCUT2D eigenvalue weighted by Gasteiger charge is 2.53. The number of fused-ring (bicyclic) bond motifs is 2. The van der Waals surface area contributed by atoms with Crippen LogP contribution in [0.1, 0.15) is 48.1 Å². The van der Waals surface area contributed by atoms with Gasteiger partial charge in [0.15, 0.2) is 0 Å². The van der Waals surface area contributed by atoms with Crippen LogP contribution in [0.5, 0.6) is 0 Å². The standard InChI is InChI=1S/C27H27F6N5O2/c1-18(19-11-21(26(28,29)30)13-22(12-19)27(31,32)33)40-17-25(20-5-3-2-4-6-20)8-7-24(16-38-10-9-34-36-38)15-37(25)14-23(39)35-24/h2-6,9-13,18H,7-8,14-17H2,1H3,(H,35,39)/t18-,24-,25-/m1/s1. The van der Waals surface area contributed by atoms with Crippen molar-refractivity contribution in [3.05, 3.63) is 83.2 Å². The van der Waals surface area contributed by atoms with Gasteiger partial charge in [-0.05, 0) is 49.1 Å². The van der Waals surface area contributed by atoms with Gasteiger partial charge in [-0.3, -0.25) is 14.4 Å². The summed E-state index contributed by atoms with van der Waals surface area (Å²) >= 11 is 0. The minimum Gasteiger partial charge on any atom is -0.372 e. The summed E-state index contributed by atoms with van der Waals surface area (Å²) in [4.78, 5) is 14.9. The third kappa shape index (κ3) is 5.57. The lowest BCUT2D eigenvalue weighted by Crippen LogP contribution is -2.72. The van der Waals surface area contributed by atoms with Gasteiger partial charge in [0.25, 0.3) is 0 Å². The Morgan fingerprint density at radius 3 is 2.30 bits per heavy atom. The largest absolute Gasteiger partial charge is 0.416 e. The van der Waals surface area contributed by atoms with Crippen molar-refractivity contribution in [1.29, 1.82) is 0 Å². The van der Waals surface area contributed by atoms with Crippen molar-refractivity contribution in [1.82, 2.24) is 25.2 Å². The van der Waals surface area contributed by atoms with Crippen LogP contribution in [0.15, 0.2) is 60.9 Å². The van der Waals surface area contributed by atoms with Crippen LogP contribution in [0, 0.1) is 0 Å². The minimum absolute atomic E-state index is 0.0491. The molecule has 1 amide bonds. The maximum atomic E-state index is 13.4. The average molecular weight is 568 g/mol. The van der Waals surface area contributed by atoms with Crippen LogP contribution >= 0.6 is 0 Å². The Labute approximate surface area is 226 Å². The number of alkyl halides is 6. The molecule has 13 heteroatoms. The first-order chi connectivity index (χ1) is 18.8. The zero-order valence-electron chi connectivity index (χ0n) is 21.5. The number of halogens is 6. The molecule has 40 heavy (non-hydrogen) atoms. The van der Waals surface area contributed by atoms with Gasteiger partial charge in [0.1, 0.15) is 0 Å². The molecule has 1 N–H and O–H groups in total. The molecular weight excluding hydrogens is 540 g/mol. The number of hydrogen-bond donors (Lipinski definition) is 1. The van der Waals surface area contributed by atoms with Gasteiger partial charge < -0.3 is 10.1 Å². The molecule has 3 heterocycles. The maximum Gasteiger partial charge on any atom is 0.416 e. The fourth-order valence-electron chi connectivity index (χ4n) is 5.71. The molecule has 4 atom stereocenters. The molecule has 0 spiro atoms. The number of nitrogens with zero attached hydrogens (tertiary/aromatic N) is 4. The molecule has 1 unspecified atom stereocenters. The summed E-state index contributed by atoms with van der Waals surface area (Å²) in [5, 5.41) is 11.0. The fourth-order valence-corrected chi connectivity index (χ4v) is 5.71. The molecular formula is C27H27F6N5O2. The van der Waals surface area contributed by atoms with Crippen molar-refractivity contribution < 1.29 is 35.9 Å². The Hall–Kier alpha value is -3.45. The van der Waals surface area contributed by atoms with E-state index in [9.17, 15) is 31.1 Å². The molecule has 2 bridgehead atoms. The minimum atomic E-state index is -4.96. The average Bonchev–Trinajstić information content (AvgIpc) is 3.40. The molecule has 2 aromatic carbocycles. The van der Waals surface area contributed by atoms with Crippen LogP contribution in [-0.2, 0) is 34.0 Å². The lowest BCUT2D eigenvalue weighted by Gasteiger charge is -2.57. The Kier molecular flexibility index (Phi) is 7.15. The van der Waals surface area contributed by atoms with Gasteiger partial charge in [0, 0.05) is 12.7 Å². The van der Waals surface area contributed by atoms with Gasteiger partial charge >= 0.3 is 12.4 Å². The van der Waals surface area contributed by atoms with Gasteiger partial charge in [-0.25, -0.2) is 0 Å². The van der Waals surface area contributed by atoms with Crippen molar-refractivity contribution in [2.24, 2.45) is 0 Å². The first-order valence-corrected chi connectivity index (χ1v) is 12.7. The van der Waals surface area contributed by atoms with Crippen molar-refractivity contribution in [2.75, 3.05) is 19.7 Å². The van der Waals surface area contributed by atoms with Crippen LogP contribution in [0.4, 0.5) is 26.3 Å². The Morgan fingerprint density at radius 2 is 1.70 bits per heavy atom. The Morgan fingerprint density at radius 1 is 1.02 bits per heavy atom. The van der Waals surface area contributed by atoms with E-state index in [4.69, 9.17) is 4.74 Å². The molecule has 2 aliphatic heterocycles. The van der Waals surface area contributed by atoms with Crippen LogP contribution in [0.3, 0.4) is 0 Å². The second kappa shape index (κ2) is 10.2. The van der Waals surface area contributed by atoms with Gasteiger partial charge in [0.2, 0.25) is 5.91 Å². The zero-order valence-corrected chi connectivity index (χ0v) is 21.5. The van der Waals surface area contributed by atoms with E-state index in [0.717, 1.165) is 5.56 Å². The highest BCUT2D eigenvalue weighted by molar-refractivity contribution is 5.80. The monoisotopic (exact) mass is 567 g/mol. The summed E-state index contributed by atoms with van der Waals surface area (Å²) < 4.78 is 88.4. The molecule has 0 aliphatic carbocycles. The number of carbonyl (C=O) groups excluding carboxylic acids is 1. The summed E-state index contributed by atoms with van der Waals surface area (Å²) in [7, 11) is 0. The molecule has 0 saturated carbocycles. The van der Waals surface area contributed by atoms with Crippen molar-refractivity contribution in [3.8, 4) is 0 Å². The van der Waals surface area contributed by atoms with Crippen LogP contribution in [-0.4, -0.2) is 51.0 Å². The fraction of sp³-hybridized carbons (Fsp3) is 0.444. The van der Waals surface area contributed by atoms with E-state index in [-0.39, 0.29) is 30.7 Å². The quantitative estimate of drug-likeness (QED) is 0.409. The number of benzene rings is 2. The molecule has 5 rings (SSSR count). The zero-order chi connectivity index (χ0) is 28.8. The first-order valence-electron chi connectivity index (χ1n) is 12.7. The van der Waals surface area contributed by atoms with Gasteiger partial charge in [0.05, 0.1) is 54.2 Å². The van der Waals surface area contributed by atoms with Gasteiger partial charge in [-0.15, -0.1) is 5.10 Å². The molecule has 0 radical (unpaired) electrons. The predicted molar refractivity (Wildman–Crippen MR) is 131 cm³/mol. The molecule has 3 aromatic rings. The van der Waals surface area contributed by atoms with Crippen molar-refractivity contribution >= 4 is 5.91 Å². The second-order valence-electron chi connectivity index (χ2n) is 10.5. The Balaban J connectivity index is 1.45. The van der Waals surface area contributed by atoms with E-state index in [1.54, 1.807) is 17.1 Å². The molecule has 7 nitrogen and oxygen atoms in total. The van der Waals surface area contributed by atoms with E-state index in [0.29, 0.717) is 38.1 Å². The lowest BCUT2D eigenvalue weighted by atomic mass is 9.73. The molecule has 1 aromatic heterocycles. The summed E-state index contributed by atoms with van der Waals surface area (Å²) in [6.45, 7) is 2.25. The van der Waals surface area contributed by atoms with Crippen molar-refractivity contribution in [2.45, 2.75) is 55.8 Å². The van der Waals surface area contributed by atoms with E-state index >= 15 is 0 Å². The topological polar surface area (TPSA) is 72.3 Å². The number of ether oxygens (including phenoxy) is 1. The lowest BCUT2D eigenvalue weighted by molar-refractivity contribution is -0.144. The van der Waals surface area contributed by atoms with Gasteiger partial charge in [-0.1, -0.05) is 35.5 Å². The van der Waals surface area contributed by atoms with Crippen molar-refractivity contribution in [3.63, 3.8) is 0 Å². The van der Waals surface area contributed by atoms with Crippen LogP contribution < -0.4 is 5.32 Å². The number of piperazine rings is 1. The smallest absolute Gasteiger partial charge is 0.372 e. The molecule has 2 fully saturated rings. The van der Waals surface area contributed by atoms with E-state index in [1.165, 1.54) is 6.92 Å². The highest BCUT2D eigenvalue weighted by Crippen LogP contribution is 2.44. The third-order valence-corrected chi connectivity index (χ3v) is 7.75. The number of amides is 1. The van der Waals surface area contributed by atoms with E-state index < -0.39 is 40.7 Å². The van der Waals surface area contributed by atoms with E-state index in [2.05, 4.69) is 15.6 Å². The third-order valence-electron chi connectivity index (χ3n) is 7.75. The number of aromatic nitrogens is 3. The molecule has 2 saturated heterocycles. The van der Waals surface area contributed by atoms with Gasteiger partial charge in [-0.2, -0.15) is 26.3 Å². The number of rotatable bonds is 7. The first kappa shape index (κ1) is 28.1. The second-order valence-corrected chi connectivity index (χ2v) is 10.5. The predicted octanol–water partition coefficient (Wildman–Crippen LogP) is 4.95.